The van der Waals surface area contributed by atoms with Gasteiger partial charge in [-0.05, 0) is 20.8 Å². The van der Waals surface area contributed by atoms with Crippen LogP contribution in [0.4, 0.5) is 0 Å². The average Bonchev–Trinajstić information content (AvgIpc) is 2.69. The number of aromatic nitrogens is 4. The van der Waals surface area contributed by atoms with Gasteiger partial charge in [0.1, 0.15) is 12.2 Å². The Bertz CT molecular complexity index is 518. The van der Waals surface area contributed by atoms with Gasteiger partial charge >= 0.3 is 0 Å². The molecular weight excluding hydrogens is 216 g/mol. The van der Waals surface area contributed by atoms with Crippen molar-refractivity contribution in [2.75, 3.05) is 6.61 Å². The molecule has 5 nitrogen and oxygen atoms in total. The van der Waals surface area contributed by atoms with Crippen molar-refractivity contribution in [1.82, 2.24) is 19.5 Å². The van der Waals surface area contributed by atoms with Gasteiger partial charge < -0.3 is 9.30 Å². The maximum atomic E-state index is 5.48. The fraction of sp³-hybridized carbons (Fsp3) is 0.583. The minimum Gasteiger partial charge on any atom is -0.476 e. The Morgan fingerprint density at radius 1 is 1.29 bits per heavy atom. The van der Waals surface area contributed by atoms with E-state index in [0.29, 0.717) is 18.5 Å². The van der Waals surface area contributed by atoms with Crippen LogP contribution in [0.15, 0.2) is 6.33 Å². The zero-order chi connectivity index (χ0) is 12.4. The third kappa shape index (κ3) is 1.97. The zero-order valence-electron chi connectivity index (χ0n) is 10.8. The quantitative estimate of drug-likeness (QED) is 0.815. The molecule has 0 saturated heterocycles. The van der Waals surface area contributed by atoms with Crippen LogP contribution in [0.25, 0.3) is 11.2 Å². The first-order chi connectivity index (χ1) is 8.19. The molecule has 0 aliphatic carbocycles. The Morgan fingerprint density at radius 2 is 2.06 bits per heavy atom. The van der Waals surface area contributed by atoms with Crippen molar-refractivity contribution in [3.8, 4) is 5.88 Å². The van der Waals surface area contributed by atoms with E-state index in [9.17, 15) is 0 Å². The van der Waals surface area contributed by atoms with Gasteiger partial charge in [-0.1, -0.05) is 6.92 Å². The summed E-state index contributed by atoms with van der Waals surface area (Å²) in [5, 5.41) is 0. The topological polar surface area (TPSA) is 52.8 Å². The van der Waals surface area contributed by atoms with Crippen molar-refractivity contribution in [1.29, 1.82) is 0 Å². The summed E-state index contributed by atoms with van der Waals surface area (Å²) in [6, 6.07) is 0.333. The largest absolute Gasteiger partial charge is 0.476 e. The zero-order valence-corrected chi connectivity index (χ0v) is 10.8. The molecule has 2 aromatic heterocycles. The van der Waals surface area contributed by atoms with Crippen LogP contribution < -0.4 is 4.74 Å². The summed E-state index contributed by atoms with van der Waals surface area (Å²) in [4.78, 5) is 13.0. The predicted octanol–water partition coefficient (Wildman–Crippen LogP) is 2.37. The number of hydrogen-bond acceptors (Lipinski definition) is 4. The Labute approximate surface area is 101 Å². The second-order valence-corrected chi connectivity index (χ2v) is 4.13. The van der Waals surface area contributed by atoms with Gasteiger partial charge in [-0.3, -0.25) is 0 Å². The number of nitrogens with zero attached hydrogens (tertiary/aromatic N) is 4. The molecule has 0 aliphatic rings. The Hall–Kier alpha value is -1.65. The third-order valence-electron chi connectivity index (χ3n) is 2.63. The van der Waals surface area contributed by atoms with Gasteiger partial charge in [0.05, 0.1) is 6.61 Å². The molecule has 2 heterocycles. The Kier molecular flexibility index (Phi) is 3.26. The fourth-order valence-corrected chi connectivity index (χ4v) is 1.97. The van der Waals surface area contributed by atoms with Gasteiger partial charge in [0.15, 0.2) is 11.2 Å². The van der Waals surface area contributed by atoms with Crippen molar-refractivity contribution in [3.05, 3.63) is 12.2 Å². The number of imidazole rings is 1. The highest BCUT2D eigenvalue weighted by Crippen LogP contribution is 2.25. The molecule has 0 radical (unpaired) electrons. The molecule has 0 bridgehead atoms. The maximum absolute atomic E-state index is 5.48. The van der Waals surface area contributed by atoms with Gasteiger partial charge in [-0.25, -0.2) is 9.97 Å². The molecule has 0 aliphatic heterocycles. The smallest absolute Gasteiger partial charge is 0.245 e. The summed E-state index contributed by atoms with van der Waals surface area (Å²) < 4.78 is 7.62. The average molecular weight is 234 g/mol. The number of aryl methyl sites for hydroxylation is 1. The van der Waals surface area contributed by atoms with Crippen LogP contribution in [-0.2, 0) is 6.42 Å². The molecule has 0 fully saturated rings. The minimum atomic E-state index is 0.333. The highest BCUT2D eigenvalue weighted by atomic mass is 16.5. The highest BCUT2D eigenvalue weighted by Gasteiger charge is 2.16. The molecule has 0 amide bonds. The lowest BCUT2D eigenvalue weighted by atomic mass is 10.3. The summed E-state index contributed by atoms with van der Waals surface area (Å²) in [5.41, 5.74) is 1.62. The Morgan fingerprint density at radius 3 is 2.65 bits per heavy atom. The number of hydrogen-bond donors (Lipinski definition) is 0. The molecule has 17 heavy (non-hydrogen) atoms. The van der Waals surface area contributed by atoms with E-state index in [1.54, 1.807) is 0 Å². The summed E-state index contributed by atoms with van der Waals surface area (Å²) in [7, 11) is 0. The minimum absolute atomic E-state index is 0.333. The first kappa shape index (κ1) is 11.8. The van der Waals surface area contributed by atoms with Gasteiger partial charge in [0.2, 0.25) is 5.88 Å². The lowest BCUT2D eigenvalue weighted by Crippen LogP contribution is -2.06. The van der Waals surface area contributed by atoms with E-state index in [2.05, 4.69) is 40.3 Å². The van der Waals surface area contributed by atoms with E-state index in [1.807, 2.05) is 6.92 Å². The van der Waals surface area contributed by atoms with Gasteiger partial charge in [-0.15, -0.1) is 0 Å². The Balaban J connectivity index is 2.68. The van der Waals surface area contributed by atoms with Crippen LogP contribution in [-0.4, -0.2) is 26.1 Å². The molecule has 0 spiro atoms. The van der Waals surface area contributed by atoms with Gasteiger partial charge in [-0.2, -0.15) is 4.98 Å². The van der Waals surface area contributed by atoms with Crippen molar-refractivity contribution in [2.45, 2.75) is 40.2 Å². The predicted molar refractivity (Wildman–Crippen MR) is 66.3 cm³/mol. The summed E-state index contributed by atoms with van der Waals surface area (Å²) in [5.74, 6) is 1.60. The first-order valence-electron chi connectivity index (χ1n) is 6.03. The molecular formula is C12H18N4O. The normalized spacial score (nSPS) is 11.4. The molecule has 5 heteroatoms. The van der Waals surface area contributed by atoms with E-state index in [-0.39, 0.29) is 0 Å². The van der Waals surface area contributed by atoms with Crippen molar-refractivity contribution in [2.24, 2.45) is 0 Å². The summed E-state index contributed by atoms with van der Waals surface area (Å²) >= 11 is 0. The summed E-state index contributed by atoms with van der Waals surface area (Å²) in [6.07, 6.45) is 2.41. The van der Waals surface area contributed by atoms with E-state index >= 15 is 0 Å². The molecule has 0 unspecified atom stereocenters. The third-order valence-corrected chi connectivity index (χ3v) is 2.63. The maximum Gasteiger partial charge on any atom is 0.245 e. The molecule has 2 aromatic rings. The van der Waals surface area contributed by atoms with Crippen LogP contribution in [0.3, 0.4) is 0 Å². The van der Waals surface area contributed by atoms with Crippen LogP contribution in [0.5, 0.6) is 5.88 Å². The monoisotopic (exact) mass is 234 g/mol. The molecule has 0 saturated carbocycles. The van der Waals surface area contributed by atoms with Crippen LogP contribution in [0, 0.1) is 0 Å². The molecule has 2 rings (SSSR count). The number of rotatable bonds is 4. The number of ether oxygens (including phenoxy) is 1. The summed E-state index contributed by atoms with van der Waals surface area (Å²) in [6.45, 7) is 8.87. The SMILES string of the molecule is CCOc1ncnc2c1nc(CC)n2C(C)C. The van der Waals surface area contributed by atoms with Crippen LogP contribution in [0.2, 0.25) is 0 Å². The van der Waals surface area contributed by atoms with E-state index in [4.69, 9.17) is 4.74 Å². The first-order valence-corrected chi connectivity index (χ1v) is 6.03. The molecule has 92 valence electrons. The van der Waals surface area contributed by atoms with E-state index < -0.39 is 0 Å². The van der Waals surface area contributed by atoms with E-state index in [1.165, 1.54) is 6.33 Å². The second kappa shape index (κ2) is 4.69. The van der Waals surface area contributed by atoms with Crippen molar-refractivity contribution >= 4 is 11.2 Å². The molecule has 0 N–H and O–H groups in total. The fourth-order valence-electron chi connectivity index (χ4n) is 1.97. The highest BCUT2D eigenvalue weighted by molar-refractivity contribution is 5.76. The van der Waals surface area contributed by atoms with Crippen molar-refractivity contribution in [3.63, 3.8) is 0 Å². The lowest BCUT2D eigenvalue weighted by Gasteiger charge is -2.10. The lowest BCUT2D eigenvalue weighted by molar-refractivity contribution is 0.330. The standard InChI is InChI=1S/C12H18N4O/c1-5-9-15-10-11(16(9)8(3)4)13-7-14-12(10)17-6-2/h7-8H,5-6H2,1-4H3. The van der Waals surface area contributed by atoms with Gasteiger partial charge in [0.25, 0.3) is 0 Å². The number of fused-ring (bicyclic) bond motifs is 1. The van der Waals surface area contributed by atoms with Gasteiger partial charge in [0, 0.05) is 12.5 Å². The van der Waals surface area contributed by atoms with Crippen molar-refractivity contribution < 1.29 is 4.74 Å². The van der Waals surface area contributed by atoms with E-state index in [0.717, 1.165) is 23.4 Å². The molecule has 0 aromatic carbocycles. The second-order valence-electron chi connectivity index (χ2n) is 4.13. The van der Waals surface area contributed by atoms with Crippen LogP contribution in [0.1, 0.15) is 39.6 Å². The molecule has 0 atom stereocenters. The van der Waals surface area contributed by atoms with Crippen LogP contribution >= 0.6 is 0 Å².